The number of ether oxygens (including phenoxy) is 1. The van der Waals surface area contributed by atoms with E-state index < -0.39 is 5.54 Å². The van der Waals surface area contributed by atoms with E-state index in [0.29, 0.717) is 0 Å². The van der Waals surface area contributed by atoms with Gasteiger partial charge in [0, 0.05) is 24.5 Å². The van der Waals surface area contributed by atoms with Crippen LogP contribution in [-0.2, 0) is 16.1 Å². The number of carbonyl (C=O) groups is 1. The number of rotatable bonds is 7. The van der Waals surface area contributed by atoms with Gasteiger partial charge >= 0.3 is 5.97 Å². The molecule has 1 N–H and O–H groups in total. The van der Waals surface area contributed by atoms with Gasteiger partial charge in [0.25, 0.3) is 0 Å². The van der Waals surface area contributed by atoms with Gasteiger partial charge in [0.15, 0.2) is 0 Å². The Morgan fingerprint density at radius 1 is 1.58 bits per heavy atom. The minimum Gasteiger partial charge on any atom is -0.468 e. The minimum atomic E-state index is -0.635. The molecule has 0 radical (unpaired) electrons. The molecule has 1 unspecified atom stereocenters. The molecule has 0 aliphatic heterocycles. The quantitative estimate of drug-likeness (QED) is 0.767. The molecule has 0 aliphatic carbocycles. The first-order valence-electron chi connectivity index (χ1n) is 6.73. The third-order valence-electron chi connectivity index (χ3n) is 3.22. The Kier molecular flexibility index (Phi) is 5.54. The Hall–Kier alpha value is -1.36. The molecule has 1 aromatic rings. The molecule has 5 heteroatoms. The highest BCUT2D eigenvalue weighted by Crippen LogP contribution is 2.16. The number of hydrogen-bond donors (Lipinski definition) is 1. The largest absolute Gasteiger partial charge is 0.468 e. The molecule has 1 heterocycles. The summed E-state index contributed by atoms with van der Waals surface area (Å²) in [6, 6.07) is 2.21. The van der Waals surface area contributed by atoms with E-state index in [-0.39, 0.29) is 12.0 Å². The Bertz CT molecular complexity index is 415. The van der Waals surface area contributed by atoms with Crippen LogP contribution in [-0.4, -0.2) is 34.4 Å². The second kappa shape index (κ2) is 6.70. The molecule has 0 bridgehead atoms. The highest BCUT2D eigenvalue weighted by molar-refractivity contribution is 5.80. The third kappa shape index (κ3) is 4.35. The third-order valence-corrected chi connectivity index (χ3v) is 3.22. The van der Waals surface area contributed by atoms with Gasteiger partial charge in [-0.25, -0.2) is 0 Å². The van der Waals surface area contributed by atoms with E-state index in [1.165, 1.54) is 7.11 Å². The van der Waals surface area contributed by atoms with Crippen LogP contribution < -0.4 is 5.32 Å². The van der Waals surface area contributed by atoms with Crippen LogP contribution in [0.2, 0.25) is 0 Å². The fourth-order valence-corrected chi connectivity index (χ4v) is 2.31. The Morgan fingerprint density at radius 3 is 2.74 bits per heavy atom. The topological polar surface area (TPSA) is 56.2 Å². The summed E-state index contributed by atoms with van der Waals surface area (Å²) in [6.07, 6.45) is 3.38. The highest BCUT2D eigenvalue weighted by atomic mass is 16.5. The molecule has 0 aliphatic rings. The van der Waals surface area contributed by atoms with Gasteiger partial charge in [-0.2, -0.15) is 5.10 Å². The van der Waals surface area contributed by atoms with Crippen molar-refractivity contribution in [2.45, 2.75) is 58.7 Å². The fourth-order valence-electron chi connectivity index (χ4n) is 2.31. The normalized spacial score (nSPS) is 14.4. The number of carbonyl (C=O) groups excluding carboxylic acids is 1. The number of hydrogen-bond acceptors (Lipinski definition) is 4. The first-order chi connectivity index (χ1) is 8.89. The number of nitrogens with one attached hydrogen (secondary N) is 1. The van der Waals surface area contributed by atoms with Gasteiger partial charge in [-0.3, -0.25) is 14.8 Å². The molecule has 0 spiro atoms. The van der Waals surface area contributed by atoms with Crippen molar-refractivity contribution in [2.75, 3.05) is 7.11 Å². The van der Waals surface area contributed by atoms with Gasteiger partial charge < -0.3 is 4.74 Å². The van der Waals surface area contributed by atoms with Gasteiger partial charge in [0.1, 0.15) is 5.54 Å². The Morgan fingerprint density at radius 2 is 2.26 bits per heavy atom. The predicted octanol–water partition coefficient (Wildman–Crippen LogP) is 1.90. The fraction of sp³-hybridized carbons (Fsp3) is 0.714. The molecule has 5 nitrogen and oxygen atoms in total. The number of aryl methyl sites for hydroxylation is 2. The van der Waals surface area contributed by atoms with Crippen molar-refractivity contribution < 1.29 is 9.53 Å². The lowest BCUT2D eigenvalue weighted by Gasteiger charge is -2.30. The summed E-state index contributed by atoms with van der Waals surface area (Å²) in [5.74, 6) is -0.210. The monoisotopic (exact) mass is 267 g/mol. The zero-order valence-corrected chi connectivity index (χ0v) is 12.6. The van der Waals surface area contributed by atoms with E-state index in [0.717, 1.165) is 25.1 Å². The molecule has 0 saturated heterocycles. The molecule has 0 aromatic carbocycles. The van der Waals surface area contributed by atoms with Gasteiger partial charge in [0.05, 0.1) is 7.11 Å². The van der Waals surface area contributed by atoms with E-state index in [9.17, 15) is 4.79 Å². The van der Waals surface area contributed by atoms with Crippen molar-refractivity contribution >= 4 is 5.97 Å². The predicted molar refractivity (Wildman–Crippen MR) is 74.9 cm³/mol. The van der Waals surface area contributed by atoms with Crippen LogP contribution in [0.1, 0.15) is 39.3 Å². The molecule has 0 amide bonds. The summed E-state index contributed by atoms with van der Waals surface area (Å²) in [5, 5.41) is 7.54. The van der Waals surface area contributed by atoms with Crippen molar-refractivity contribution in [2.24, 2.45) is 0 Å². The van der Waals surface area contributed by atoms with Crippen LogP contribution >= 0.6 is 0 Å². The average molecular weight is 267 g/mol. The van der Waals surface area contributed by atoms with Crippen LogP contribution in [0.5, 0.6) is 0 Å². The number of aromatic nitrogens is 2. The second-order valence-corrected chi connectivity index (χ2v) is 5.42. The summed E-state index contributed by atoms with van der Waals surface area (Å²) in [7, 11) is 1.43. The van der Waals surface area contributed by atoms with Crippen molar-refractivity contribution in [3.05, 3.63) is 18.0 Å². The highest BCUT2D eigenvalue weighted by Gasteiger charge is 2.34. The molecule has 0 saturated carbocycles. The molecule has 108 valence electrons. The first-order valence-corrected chi connectivity index (χ1v) is 6.73. The maximum absolute atomic E-state index is 11.9. The van der Waals surface area contributed by atoms with Gasteiger partial charge in [-0.05, 0) is 46.6 Å². The van der Waals surface area contributed by atoms with Gasteiger partial charge in [-0.15, -0.1) is 0 Å². The van der Waals surface area contributed by atoms with Gasteiger partial charge in [-0.1, -0.05) is 0 Å². The number of esters is 1. The van der Waals surface area contributed by atoms with Crippen molar-refractivity contribution in [3.63, 3.8) is 0 Å². The lowest BCUT2D eigenvalue weighted by atomic mass is 9.94. The molecule has 1 rings (SSSR count). The maximum atomic E-state index is 11.9. The van der Waals surface area contributed by atoms with Crippen LogP contribution in [0.25, 0.3) is 0 Å². The van der Waals surface area contributed by atoms with Gasteiger partial charge in [0.2, 0.25) is 0 Å². The van der Waals surface area contributed by atoms with Crippen LogP contribution in [0.4, 0.5) is 0 Å². The minimum absolute atomic E-state index is 0.210. The van der Waals surface area contributed by atoms with E-state index in [2.05, 4.69) is 10.4 Å². The number of nitrogens with zero attached hydrogens (tertiary/aromatic N) is 2. The maximum Gasteiger partial charge on any atom is 0.325 e. The molecule has 1 atom stereocenters. The van der Waals surface area contributed by atoms with Crippen LogP contribution in [0.3, 0.4) is 0 Å². The van der Waals surface area contributed by atoms with Crippen molar-refractivity contribution in [1.82, 2.24) is 15.1 Å². The lowest BCUT2D eigenvalue weighted by Crippen LogP contribution is -2.53. The smallest absolute Gasteiger partial charge is 0.325 e. The zero-order chi connectivity index (χ0) is 14.5. The molecular formula is C14H25N3O2. The first kappa shape index (κ1) is 15.7. The molecule has 1 aromatic heterocycles. The summed E-state index contributed by atoms with van der Waals surface area (Å²) >= 11 is 0. The molecular weight excluding hydrogens is 242 g/mol. The second-order valence-electron chi connectivity index (χ2n) is 5.42. The summed E-state index contributed by atoms with van der Waals surface area (Å²) in [4.78, 5) is 11.9. The van der Waals surface area contributed by atoms with Crippen LogP contribution in [0, 0.1) is 6.92 Å². The zero-order valence-electron chi connectivity index (χ0n) is 12.6. The summed E-state index contributed by atoms with van der Waals surface area (Å²) in [5.41, 5.74) is 0.501. The van der Waals surface area contributed by atoms with Crippen molar-refractivity contribution in [3.8, 4) is 0 Å². The molecule has 0 fully saturated rings. The van der Waals surface area contributed by atoms with Crippen LogP contribution in [0.15, 0.2) is 12.3 Å². The lowest BCUT2D eigenvalue weighted by molar-refractivity contribution is -0.148. The van der Waals surface area contributed by atoms with E-state index >= 15 is 0 Å². The van der Waals surface area contributed by atoms with Crippen molar-refractivity contribution in [1.29, 1.82) is 0 Å². The summed E-state index contributed by atoms with van der Waals surface area (Å²) < 4.78 is 6.86. The van der Waals surface area contributed by atoms with E-state index in [1.54, 1.807) is 6.20 Å². The average Bonchev–Trinajstić information content (AvgIpc) is 2.73. The standard InChI is InChI=1S/C14H25N3O2/c1-11(2)16-14(4,13(18)19-5)8-6-10-17-12(3)7-9-15-17/h7,9,11,16H,6,8,10H2,1-5H3. The Balaban J connectivity index is 2.58. The van der Waals surface area contributed by atoms with E-state index in [4.69, 9.17) is 4.74 Å². The number of methoxy groups -OCH3 is 1. The summed E-state index contributed by atoms with van der Waals surface area (Å²) in [6.45, 7) is 8.79. The Labute approximate surface area is 115 Å². The molecule has 19 heavy (non-hydrogen) atoms. The SMILES string of the molecule is COC(=O)C(C)(CCCn1nccc1C)NC(C)C. The van der Waals surface area contributed by atoms with E-state index in [1.807, 2.05) is 38.4 Å².